The first kappa shape index (κ1) is 13.0. The molecular formula is C12H15NO4S. The van der Waals surface area contributed by atoms with Gasteiger partial charge in [-0.05, 0) is 28.8 Å². The Labute approximate surface area is 109 Å². The normalized spacial score (nSPS) is 24.3. The molecule has 0 saturated carbocycles. The zero-order valence-electron chi connectivity index (χ0n) is 10.0. The second kappa shape index (κ2) is 5.49. The van der Waals surface area contributed by atoms with Gasteiger partial charge in [-0.2, -0.15) is 11.3 Å². The number of carboxylic acids is 1. The van der Waals surface area contributed by atoms with E-state index >= 15 is 0 Å². The molecule has 1 aliphatic heterocycles. The molecule has 2 atom stereocenters. The van der Waals surface area contributed by atoms with E-state index < -0.39 is 18.1 Å². The monoisotopic (exact) mass is 269 g/mol. The van der Waals surface area contributed by atoms with Gasteiger partial charge in [0.1, 0.15) is 6.61 Å². The van der Waals surface area contributed by atoms with Gasteiger partial charge in [-0.25, -0.2) is 4.79 Å². The van der Waals surface area contributed by atoms with Gasteiger partial charge in [-0.1, -0.05) is 6.92 Å². The van der Waals surface area contributed by atoms with Crippen molar-refractivity contribution in [2.75, 3.05) is 13.2 Å². The van der Waals surface area contributed by atoms with E-state index in [1.807, 2.05) is 23.8 Å². The third kappa shape index (κ3) is 2.39. The molecule has 0 bridgehead atoms. The van der Waals surface area contributed by atoms with Crippen LogP contribution in [-0.4, -0.2) is 41.1 Å². The number of morpholine rings is 1. The molecule has 1 aromatic heterocycles. The van der Waals surface area contributed by atoms with E-state index in [1.165, 1.54) is 11.3 Å². The molecule has 18 heavy (non-hydrogen) atoms. The fraction of sp³-hybridized carbons (Fsp3) is 0.500. The van der Waals surface area contributed by atoms with Gasteiger partial charge in [0.05, 0.1) is 6.04 Å². The van der Waals surface area contributed by atoms with Crippen LogP contribution in [0.25, 0.3) is 0 Å². The summed E-state index contributed by atoms with van der Waals surface area (Å²) in [7, 11) is 0. The fourth-order valence-corrected chi connectivity index (χ4v) is 2.85. The molecule has 2 rings (SSSR count). The fourth-order valence-electron chi connectivity index (χ4n) is 2.16. The first-order valence-corrected chi connectivity index (χ1v) is 6.75. The van der Waals surface area contributed by atoms with Gasteiger partial charge in [0.2, 0.25) is 5.91 Å². The van der Waals surface area contributed by atoms with Crippen molar-refractivity contribution in [3.05, 3.63) is 22.4 Å². The molecule has 0 radical (unpaired) electrons. The number of rotatable bonds is 4. The first-order valence-electron chi connectivity index (χ1n) is 5.81. The van der Waals surface area contributed by atoms with Crippen molar-refractivity contribution >= 4 is 23.2 Å². The van der Waals surface area contributed by atoms with Crippen molar-refractivity contribution in [3.8, 4) is 0 Å². The van der Waals surface area contributed by atoms with Crippen LogP contribution in [0.1, 0.15) is 24.9 Å². The minimum atomic E-state index is -1.03. The van der Waals surface area contributed by atoms with Crippen LogP contribution < -0.4 is 0 Å². The minimum absolute atomic E-state index is 0.148. The Balaban J connectivity index is 2.34. The number of hydrogen-bond acceptors (Lipinski definition) is 4. The molecular weight excluding hydrogens is 254 g/mol. The van der Waals surface area contributed by atoms with E-state index in [4.69, 9.17) is 4.74 Å². The van der Waals surface area contributed by atoms with E-state index in [9.17, 15) is 14.7 Å². The predicted molar refractivity (Wildman–Crippen MR) is 66.4 cm³/mol. The number of hydrogen-bond donors (Lipinski definition) is 1. The van der Waals surface area contributed by atoms with Crippen molar-refractivity contribution in [1.82, 2.24) is 4.90 Å². The van der Waals surface area contributed by atoms with E-state index in [1.54, 1.807) is 4.90 Å². The van der Waals surface area contributed by atoms with Gasteiger partial charge in [-0.15, -0.1) is 0 Å². The number of carboxylic acid groups (broad SMARTS) is 1. The van der Waals surface area contributed by atoms with Gasteiger partial charge < -0.3 is 14.7 Å². The summed E-state index contributed by atoms with van der Waals surface area (Å²) in [4.78, 5) is 24.7. The molecule has 2 heterocycles. The average molecular weight is 269 g/mol. The van der Waals surface area contributed by atoms with Crippen molar-refractivity contribution in [1.29, 1.82) is 0 Å². The molecule has 0 aromatic carbocycles. The highest BCUT2D eigenvalue weighted by atomic mass is 32.1. The maximum atomic E-state index is 11.9. The Hall–Kier alpha value is -1.40. The van der Waals surface area contributed by atoms with Crippen LogP contribution in [0, 0.1) is 0 Å². The zero-order chi connectivity index (χ0) is 13.1. The van der Waals surface area contributed by atoms with Crippen LogP contribution in [0.3, 0.4) is 0 Å². The zero-order valence-corrected chi connectivity index (χ0v) is 10.9. The van der Waals surface area contributed by atoms with Gasteiger partial charge >= 0.3 is 5.97 Å². The number of carbonyl (C=O) groups excluding carboxylic acids is 1. The van der Waals surface area contributed by atoms with Crippen LogP contribution in [0.2, 0.25) is 0 Å². The molecule has 1 saturated heterocycles. The highest BCUT2D eigenvalue weighted by Crippen LogP contribution is 2.31. The summed E-state index contributed by atoms with van der Waals surface area (Å²) in [6.45, 7) is 2.35. The lowest BCUT2D eigenvalue weighted by molar-refractivity contribution is -0.173. The third-order valence-corrected chi connectivity index (χ3v) is 3.62. The number of thiophene rings is 1. The smallest absolute Gasteiger partial charge is 0.335 e. The molecule has 0 spiro atoms. The largest absolute Gasteiger partial charge is 0.479 e. The van der Waals surface area contributed by atoms with E-state index in [-0.39, 0.29) is 12.5 Å². The van der Waals surface area contributed by atoms with Gasteiger partial charge in [0.25, 0.3) is 0 Å². The standard InChI is InChI=1S/C12H15NO4S/c1-2-4-13-9(14)6-17-11(12(15)16)10(13)8-3-5-18-7-8/h3,5,7,10-11H,2,4,6H2,1H3,(H,15,16). The lowest BCUT2D eigenvalue weighted by Crippen LogP contribution is -2.51. The van der Waals surface area contributed by atoms with Crippen LogP contribution in [0.4, 0.5) is 0 Å². The Bertz CT molecular complexity index is 431. The number of nitrogens with zero attached hydrogens (tertiary/aromatic N) is 1. The van der Waals surface area contributed by atoms with Gasteiger partial charge in [0.15, 0.2) is 6.10 Å². The first-order chi connectivity index (χ1) is 8.65. The van der Waals surface area contributed by atoms with Crippen molar-refractivity contribution in [2.24, 2.45) is 0 Å². The molecule has 2 unspecified atom stereocenters. The van der Waals surface area contributed by atoms with Gasteiger partial charge in [-0.3, -0.25) is 4.79 Å². The number of aliphatic carboxylic acids is 1. The molecule has 1 N–H and O–H groups in total. The third-order valence-electron chi connectivity index (χ3n) is 2.92. The van der Waals surface area contributed by atoms with Crippen molar-refractivity contribution in [3.63, 3.8) is 0 Å². The molecule has 98 valence electrons. The maximum Gasteiger partial charge on any atom is 0.335 e. The molecule has 5 nitrogen and oxygen atoms in total. The van der Waals surface area contributed by atoms with E-state index in [0.29, 0.717) is 6.54 Å². The van der Waals surface area contributed by atoms with Gasteiger partial charge in [0, 0.05) is 6.54 Å². The lowest BCUT2D eigenvalue weighted by atomic mass is 10.0. The average Bonchev–Trinajstić information content (AvgIpc) is 2.84. The summed E-state index contributed by atoms with van der Waals surface area (Å²) >= 11 is 1.48. The summed E-state index contributed by atoms with van der Waals surface area (Å²) in [6.07, 6.45) is -0.192. The summed E-state index contributed by atoms with van der Waals surface area (Å²) in [5, 5.41) is 13.0. The lowest BCUT2D eigenvalue weighted by Gasteiger charge is -2.38. The molecule has 1 aliphatic rings. The topological polar surface area (TPSA) is 66.8 Å². The Morgan fingerprint density at radius 2 is 2.44 bits per heavy atom. The van der Waals surface area contributed by atoms with Crippen LogP contribution in [-0.2, 0) is 14.3 Å². The molecule has 1 amide bonds. The van der Waals surface area contributed by atoms with Crippen LogP contribution >= 0.6 is 11.3 Å². The predicted octanol–water partition coefficient (Wildman–Crippen LogP) is 1.51. The van der Waals surface area contributed by atoms with Crippen LogP contribution in [0.15, 0.2) is 16.8 Å². The van der Waals surface area contributed by atoms with Crippen LogP contribution in [0.5, 0.6) is 0 Å². The highest BCUT2D eigenvalue weighted by molar-refractivity contribution is 7.08. The SMILES string of the molecule is CCCN1C(=O)COC(C(=O)O)C1c1ccsc1. The number of amides is 1. The maximum absolute atomic E-state index is 11.9. The molecule has 6 heteroatoms. The minimum Gasteiger partial charge on any atom is -0.479 e. The number of ether oxygens (including phenoxy) is 1. The second-order valence-corrected chi connectivity index (χ2v) is 4.94. The van der Waals surface area contributed by atoms with Crippen molar-refractivity contribution < 1.29 is 19.4 Å². The summed E-state index contributed by atoms with van der Waals surface area (Å²) < 4.78 is 5.18. The molecule has 1 aromatic rings. The Morgan fingerprint density at radius 3 is 3.00 bits per heavy atom. The summed E-state index contributed by atoms with van der Waals surface area (Å²) in [6, 6.07) is 1.32. The summed E-state index contributed by atoms with van der Waals surface area (Å²) in [5.74, 6) is -1.18. The Morgan fingerprint density at radius 1 is 1.67 bits per heavy atom. The quantitative estimate of drug-likeness (QED) is 0.899. The Kier molecular flexibility index (Phi) is 3.98. The second-order valence-electron chi connectivity index (χ2n) is 4.16. The highest BCUT2D eigenvalue weighted by Gasteiger charge is 2.41. The summed E-state index contributed by atoms with van der Waals surface area (Å²) in [5.41, 5.74) is 0.828. The van der Waals surface area contributed by atoms with E-state index in [2.05, 4.69) is 0 Å². The van der Waals surface area contributed by atoms with E-state index in [0.717, 1.165) is 12.0 Å². The molecule has 0 aliphatic carbocycles. The number of carbonyl (C=O) groups is 2. The molecule has 1 fully saturated rings. The van der Waals surface area contributed by atoms with Crippen molar-refractivity contribution in [2.45, 2.75) is 25.5 Å².